The zero-order valence-corrected chi connectivity index (χ0v) is 23.0. The molecule has 0 radical (unpaired) electrons. The second-order valence-electron chi connectivity index (χ2n) is 9.74. The van der Waals surface area contributed by atoms with Crippen LogP contribution >= 0.6 is 11.8 Å². The van der Waals surface area contributed by atoms with Crippen molar-refractivity contribution in [2.24, 2.45) is 0 Å². The summed E-state index contributed by atoms with van der Waals surface area (Å²) in [5.74, 6) is -0.0600. The highest BCUT2D eigenvalue weighted by Gasteiger charge is 2.38. The van der Waals surface area contributed by atoms with E-state index in [-0.39, 0.29) is 41.2 Å². The van der Waals surface area contributed by atoms with E-state index >= 15 is 0 Å². The van der Waals surface area contributed by atoms with Gasteiger partial charge in [0.25, 0.3) is 0 Å². The number of carbonyl (C=O) groups is 2. The fraction of sp³-hybridized carbons (Fsp3) is 0.258. The third-order valence-corrected chi connectivity index (χ3v) is 8.24. The second kappa shape index (κ2) is 11.5. The van der Waals surface area contributed by atoms with E-state index in [1.807, 2.05) is 56.3 Å². The molecule has 6 nitrogen and oxygen atoms in total. The van der Waals surface area contributed by atoms with Gasteiger partial charge in [0, 0.05) is 17.2 Å². The number of thioether (sulfide) groups is 1. The van der Waals surface area contributed by atoms with Crippen LogP contribution in [0.3, 0.4) is 0 Å². The highest BCUT2D eigenvalue weighted by Crippen LogP contribution is 2.49. The van der Waals surface area contributed by atoms with E-state index in [0.29, 0.717) is 11.5 Å². The van der Waals surface area contributed by atoms with Crippen molar-refractivity contribution in [3.8, 4) is 16.9 Å². The molecule has 0 spiro atoms. The number of nitrogens with one attached hydrogen (secondary N) is 1. The summed E-state index contributed by atoms with van der Waals surface area (Å²) < 4.78 is 15.6. The first kappa shape index (κ1) is 26.7. The third-order valence-electron chi connectivity index (χ3n) is 7.00. The molecule has 3 aromatic carbocycles. The Morgan fingerprint density at radius 1 is 1.08 bits per heavy atom. The molecule has 200 valence electrons. The minimum Gasteiger partial charge on any atom is -0.352 e. The Balaban J connectivity index is 1.78. The first-order valence-electron chi connectivity index (χ1n) is 13.1. The van der Waals surface area contributed by atoms with Crippen molar-refractivity contribution in [3.05, 3.63) is 101 Å². The molecule has 1 aliphatic heterocycles. The maximum absolute atomic E-state index is 13.9. The molecule has 8 heteroatoms. The first-order chi connectivity index (χ1) is 18.9. The Bertz CT molecular complexity index is 1490. The normalized spacial score (nSPS) is 15.9. The van der Waals surface area contributed by atoms with Crippen molar-refractivity contribution in [2.75, 3.05) is 17.2 Å². The number of carbonyl (C=O) groups excluding carboxylic acids is 2. The summed E-state index contributed by atoms with van der Waals surface area (Å²) >= 11 is 1.53. The van der Waals surface area contributed by atoms with Crippen molar-refractivity contribution >= 4 is 29.4 Å². The van der Waals surface area contributed by atoms with Gasteiger partial charge in [-0.3, -0.25) is 14.5 Å². The van der Waals surface area contributed by atoms with Crippen molar-refractivity contribution in [2.45, 2.75) is 38.5 Å². The zero-order valence-electron chi connectivity index (χ0n) is 22.2. The van der Waals surface area contributed by atoms with Crippen molar-refractivity contribution in [1.29, 1.82) is 0 Å². The van der Waals surface area contributed by atoms with Gasteiger partial charge in [-0.25, -0.2) is 9.07 Å². The molecule has 1 aliphatic rings. The second-order valence-corrected chi connectivity index (χ2v) is 10.8. The average Bonchev–Trinajstić information content (AvgIpc) is 3.27. The Kier molecular flexibility index (Phi) is 7.84. The number of hydrogen-bond donors (Lipinski definition) is 1. The van der Waals surface area contributed by atoms with Gasteiger partial charge in [-0.15, -0.1) is 11.8 Å². The molecule has 2 heterocycles. The molecule has 1 N–H and O–H groups in total. The van der Waals surface area contributed by atoms with E-state index in [0.717, 1.165) is 34.4 Å². The van der Waals surface area contributed by atoms with Crippen molar-refractivity contribution < 1.29 is 14.0 Å². The lowest BCUT2D eigenvalue weighted by Crippen LogP contribution is -2.44. The van der Waals surface area contributed by atoms with Crippen LogP contribution in [0.25, 0.3) is 16.9 Å². The summed E-state index contributed by atoms with van der Waals surface area (Å²) in [7, 11) is 0. The van der Waals surface area contributed by atoms with Gasteiger partial charge in [0.15, 0.2) is 0 Å². The van der Waals surface area contributed by atoms with Gasteiger partial charge < -0.3 is 5.32 Å². The molecule has 0 saturated heterocycles. The van der Waals surface area contributed by atoms with E-state index in [9.17, 15) is 14.0 Å². The highest BCUT2D eigenvalue weighted by molar-refractivity contribution is 8.00. The standard InChI is InChI=1S/C31H31FN4O2S/c1-4-21(3)33-26(37)18-35-27(38)19-39-30(25-13-9-8-10-20(25)2)28-29(22-11-6-5-7-12-22)34-36(31(28)35)24-16-14-23(32)15-17-24/h5-17,21,30H,4,18-19H2,1-3H3,(H,33,37)/t21-,30-/m0/s1. The fourth-order valence-electron chi connectivity index (χ4n) is 4.78. The number of aryl methyl sites for hydroxylation is 1. The number of hydrogen-bond acceptors (Lipinski definition) is 4. The van der Waals surface area contributed by atoms with Gasteiger partial charge in [-0.1, -0.05) is 61.5 Å². The monoisotopic (exact) mass is 542 g/mol. The third kappa shape index (κ3) is 5.47. The van der Waals surface area contributed by atoms with Gasteiger partial charge in [-0.05, 0) is 55.7 Å². The fourth-order valence-corrected chi connectivity index (χ4v) is 6.08. The zero-order chi connectivity index (χ0) is 27.5. The summed E-state index contributed by atoms with van der Waals surface area (Å²) in [6.45, 7) is 5.86. The summed E-state index contributed by atoms with van der Waals surface area (Å²) in [6, 6.07) is 24.0. The van der Waals surface area contributed by atoms with Crippen molar-refractivity contribution in [3.63, 3.8) is 0 Å². The molecule has 0 aliphatic carbocycles. The number of amides is 2. The SMILES string of the molecule is CC[C@H](C)NC(=O)CN1C(=O)CS[C@@H](c2ccccc2C)c2c(-c3ccccc3)nn(-c3ccc(F)cc3)c21. The summed E-state index contributed by atoms with van der Waals surface area (Å²) in [6.07, 6.45) is 0.780. The smallest absolute Gasteiger partial charge is 0.240 e. The molecule has 39 heavy (non-hydrogen) atoms. The molecule has 0 unspecified atom stereocenters. The van der Waals surface area contributed by atoms with Crippen LogP contribution in [-0.2, 0) is 9.59 Å². The molecule has 4 aromatic rings. The number of benzene rings is 3. The number of rotatable bonds is 7. The minimum atomic E-state index is -0.366. The largest absolute Gasteiger partial charge is 0.352 e. The van der Waals surface area contributed by atoms with Gasteiger partial charge in [0.1, 0.15) is 18.2 Å². The van der Waals surface area contributed by atoms with Gasteiger partial charge in [0.05, 0.1) is 22.4 Å². The van der Waals surface area contributed by atoms with E-state index < -0.39 is 0 Å². The molecule has 0 fully saturated rings. The Morgan fingerprint density at radius 2 is 1.77 bits per heavy atom. The molecule has 0 bridgehead atoms. The predicted octanol–water partition coefficient (Wildman–Crippen LogP) is 6.07. The van der Waals surface area contributed by atoms with Crippen LogP contribution in [0.5, 0.6) is 0 Å². The number of fused-ring (bicyclic) bond motifs is 1. The van der Waals surface area contributed by atoms with Gasteiger partial charge in [0.2, 0.25) is 11.8 Å². The summed E-state index contributed by atoms with van der Waals surface area (Å²) in [4.78, 5) is 28.4. The maximum atomic E-state index is 13.9. The predicted molar refractivity (Wildman–Crippen MR) is 155 cm³/mol. The quantitative estimate of drug-likeness (QED) is 0.308. The highest BCUT2D eigenvalue weighted by atomic mass is 32.2. The number of nitrogens with zero attached hydrogens (tertiary/aromatic N) is 3. The summed E-state index contributed by atoms with van der Waals surface area (Å²) in [5.41, 5.74) is 5.26. The van der Waals surface area contributed by atoms with Crippen LogP contribution in [-0.4, -0.2) is 39.9 Å². The number of aromatic nitrogens is 2. The van der Waals surface area contributed by atoms with Crippen LogP contribution in [0.4, 0.5) is 10.2 Å². The van der Waals surface area contributed by atoms with Crippen LogP contribution in [0, 0.1) is 12.7 Å². The maximum Gasteiger partial charge on any atom is 0.240 e. The lowest BCUT2D eigenvalue weighted by molar-refractivity contribution is -0.123. The first-order valence-corrected chi connectivity index (χ1v) is 14.1. The Labute approximate surface area is 232 Å². The topological polar surface area (TPSA) is 67.2 Å². The molecule has 0 saturated carbocycles. The van der Waals surface area contributed by atoms with Crippen molar-refractivity contribution in [1.82, 2.24) is 15.1 Å². The van der Waals surface area contributed by atoms with Crippen LogP contribution < -0.4 is 10.2 Å². The Hall–Kier alpha value is -3.91. The van der Waals surface area contributed by atoms with Crippen LogP contribution in [0.2, 0.25) is 0 Å². The number of halogens is 1. The van der Waals surface area contributed by atoms with Crippen LogP contribution in [0.15, 0.2) is 78.9 Å². The molecule has 2 amide bonds. The molecule has 1 aromatic heterocycles. The lowest BCUT2D eigenvalue weighted by Gasteiger charge is -2.24. The number of anilines is 1. The van der Waals surface area contributed by atoms with Gasteiger partial charge >= 0.3 is 0 Å². The molecule has 5 rings (SSSR count). The van der Waals surface area contributed by atoms with E-state index in [1.165, 1.54) is 23.9 Å². The molecular weight excluding hydrogens is 511 g/mol. The molecule has 2 atom stereocenters. The minimum absolute atomic E-state index is 0.0185. The lowest BCUT2D eigenvalue weighted by atomic mass is 9.97. The van der Waals surface area contributed by atoms with E-state index in [2.05, 4.69) is 24.4 Å². The Morgan fingerprint density at radius 3 is 2.46 bits per heavy atom. The molecular formula is C31H31FN4O2S. The van der Waals surface area contributed by atoms with E-state index in [4.69, 9.17) is 5.10 Å². The average molecular weight is 543 g/mol. The van der Waals surface area contributed by atoms with Crippen LogP contribution in [0.1, 0.15) is 42.2 Å². The summed E-state index contributed by atoms with van der Waals surface area (Å²) in [5, 5.41) is 7.81. The van der Waals surface area contributed by atoms with Gasteiger partial charge in [-0.2, -0.15) is 5.10 Å². The van der Waals surface area contributed by atoms with E-state index in [1.54, 1.807) is 21.7 Å².